The molecule has 2 aromatic heterocycles. The first-order valence-electron chi connectivity index (χ1n) is 8.82. The van der Waals surface area contributed by atoms with E-state index in [1.54, 1.807) is 4.90 Å². The maximum absolute atomic E-state index is 12.6. The highest BCUT2D eigenvalue weighted by Crippen LogP contribution is 2.28. The Labute approximate surface area is 167 Å². The summed E-state index contributed by atoms with van der Waals surface area (Å²) in [6.07, 6.45) is -4.51. The number of hydrogen-bond acceptors (Lipinski definition) is 7. The maximum Gasteiger partial charge on any atom is 0.435 e. The molecule has 1 saturated heterocycles. The van der Waals surface area contributed by atoms with Gasteiger partial charge in [-0.25, -0.2) is 4.98 Å². The molecule has 0 bridgehead atoms. The number of anilines is 1. The number of nitrogens with zero attached hydrogens (tertiary/aromatic N) is 5. The predicted octanol–water partition coefficient (Wildman–Crippen LogP) is 3.08. The smallest absolute Gasteiger partial charge is 0.431 e. The molecule has 0 radical (unpaired) electrons. The number of aromatic nitrogens is 3. The van der Waals surface area contributed by atoms with E-state index in [9.17, 15) is 18.0 Å². The lowest BCUT2D eigenvalue weighted by molar-refractivity contribution is -0.141. The Balaban J connectivity index is 1.29. The van der Waals surface area contributed by atoms with E-state index in [-0.39, 0.29) is 11.7 Å². The summed E-state index contributed by atoms with van der Waals surface area (Å²) in [5.41, 5.74) is 0.397. The van der Waals surface area contributed by atoms with Gasteiger partial charge in [0.2, 0.25) is 5.91 Å². The molecular formula is C18H16F3N5O2S. The van der Waals surface area contributed by atoms with Crippen LogP contribution < -0.4 is 4.90 Å². The van der Waals surface area contributed by atoms with Crippen molar-refractivity contribution in [2.45, 2.75) is 11.4 Å². The number of fused-ring (bicyclic) bond motifs is 1. The minimum absolute atomic E-state index is 0.0459. The fourth-order valence-corrected chi connectivity index (χ4v) is 3.70. The van der Waals surface area contributed by atoms with Crippen LogP contribution in [0.25, 0.3) is 11.1 Å². The maximum atomic E-state index is 12.6. The molecular weight excluding hydrogens is 407 g/mol. The number of piperazine rings is 1. The molecule has 1 aromatic carbocycles. The van der Waals surface area contributed by atoms with Crippen molar-refractivity contribution in [1.29, 1.82) is 0 Å². The molecule has 0 aliphatic carbocycles. The summed E-state index contributed by atoms with van der Waals surface area (Å²) in [7, 11) is 0. The highest BCUT2D eigenvalue weighted by molar-refractivity contribution is 7.99. The second-order valence-corrected chi connectivity index (χ2v) is 7.31. The Morgan fingerprint density at radius 3 is 2.48 bits per heavy atom. The molecule has 0 saturated carbocycles. The number of carbonyl (C=O) groups is 1. The van der Waals surface area contributed by atoms with E-state index in [2.05, 4.69) is 15.2 Å². The molecule has 7 nitrogen and oxygen atoms in total. The number of halogens is 3. The number of amides is 1. The zero-order chi connectivity index (χ0) is 20.4. The summed E-state index contributed by atoms with van der Waals surface area (Å²) >= 11 is 1.24. The molecule has 4 rings (SSSR count). The van der Waals surface area contributed by atoms with Crippen molar-refractivity contribution in [2.24, 2.45) is 0 Å². The van der Waals surface area contributed by atoms with E-state index in [0.717, 1.165) is 11.6 Å². The van der Waals surface area contributed by atoms with Gasteiger partial charge in [0.1, 0.15) is 5.52 Å². The Morgan fingerprint density at radius 2 is 1.83 bits per heavy atom. The third-order valence-electron chi connectivity index (χ3n) is 4.49. The van der Waals surface area contributed by atoms with Gasteiger partial charge in [-0.3, -0.25) is 4.79 Å². The number of thioether (sulfide) groups is 1. The Bertz CT molecular complexity index is 968. The number of rotatable bonds is 4. The summed E-state index contributed by atoms with van der Waals surface area (Å²) in [5.74, 6) is 0.522. The van der Waals surface area contributed by atoms with Crippen molar-refractivity contribution in [3.05, 3.63) is 42.1 Å². The van der Waals surface area contributed by atoms with Crippen LogP contribution in [0, 0.1) is 0 Å². The number of carbonyl (C=O) groups excluding carboxylic acids is 1. The molecule has 11 heteroatoms. The summed E-state index contributed by atoms with van der Waals surface area (Å²) in [6.45, 7) is 1.85. The highest BCUT2D eigenvalue weighted by atomic mass is 32.2. The Kier molecular flexibility index (Phi) is 5.31. The first-order chi connectivity index (χ1) is 13.9. The second-order valence-electron chi connectivity index (χ2n) is 6.38. The fraction of sp³-hybridized carbons (Fsp3) is 0.333. The van der Waals surface area contributed by atoms with Crippen LogP contribution in [0.15, 0.2) is 46.0 Å². The van der Waals surface area contributed by atoms with Crippen LogP contribution in [0.1, 0.15) is 5.69 Å². The zero-order valence-electron chi connectivity index (χ0n) is 15.1. The van der Waals surface area contributed by atoms with Gasteiger partial charge in [0, 0.05) is 26.2 Å². The highest BCUT2D eigenvalue weighted by Gasteiger charge is 2.33. The van der Waals surface area contributed by atoms with Gasteiger partial charge in [-0.1, -0.05) is 23.9 Å². The molecule has 0 unspecified atom stereocenters. The first-order valence-corrected chi connectivity index (χ1v) is 9.81. The lowest BCUT2D eigenvalue weighted by atomic mass is 10.3. The summed E-state index contributed by atoms with van der Waals surface area (Å²) in [6, 6.07) is 9.59. The van der Waals surface area contributed by atoms with Crippen LogP contribution in [-0.4, -0.2) is 57.9 Å². The second kappa shape index (κ2) is 7.90. The van der Waals surface area contributed by atoms with Crippen LogP contribution >= 0.6 is 11.8 Å². The van der Waals surface area contributed by atoms with E-state index in [1.807, 2.05) is 29.2 Å². The molecule has 29 heavy (non-hydrogen) atoms. The quantitative estimate of drug-likeness (QED) is 0.597. The van der Waals surface area contributed by atoms with E-state index in [4.69, 9.17) is 4.42 Å². The van der Waals surface area contributed by atoms with Gasteiger partial charge in [0.05, 0.1) is 5.75 Å². The number of alkyl halides is 3. The number of oxazole rings is 1. The van der Waals surface area contributed by atoms with E-state index >= 15 is 0 Å². The van der Waals surface area contributed by atoms with Gasteiger partial charge >= 0.3 is 6.18 Å². The minimum atomic E-state index is -4.51. The van der Waals surface area contributed by atoms with Crippen LogP contribution in [0.2, 0.25) is 0 Å². The van der Waals surface area contributed by atoms with Gasteiger partial charge in [0.25, 0.3) is 5.22 Å². The zero-order valence-corrected chi connectivity index (χ0v) is 15.9. The van der Waals surface area contributed by atoms with Gasteiger partial charge in [-0.2, -0.15) is 13.2 Å². The van der Waals surface area contributed by atoms with Gasteiger partial charge < -0.3 is 14.2 Å². The standard InChI is InChI=1S/C18H16F3N5O2S/c19-18(20,21)14-5-6-15(24-23-14)25-7-9-26(10-8-25)16(27)11-29-17-22-12-3-1-2-4-13(12)28-17/h1-6H,7-11H2. The Hall–Kier alpha value is -2.82. The molecule has 3 aromatic rings. The van der Waals surface area contributed by atoms with E-state index < -0.39 is 11.9 Å². The van der Waals surface area contributed by atoms with Crippen molar-refractivity contribution < 1.29 is 22.4 Å². The van der Waals surface area contributed by atoms with Gasteiger partial charge in [-0.15, -0.1) is 10.2 Å². The van der Waals surface area contributed by atoms with Crippen LogP contribution in [0.4, 0.5) is 19.0 Å². The summed E-state index contributed by atoms with van der Waals surface area (Å²) < 4.78 is 43.3. The molecule has 1 aliphatic heterocycles. The molecule has 1 amide bonds. The minimum Gasteiger partial charge on any atom is -0.431 e. The number of hydrogen-bond donors (Lipinski definition) is 0. The lowest BCUT2D eigenvalue weighted by Gasteiger charge is -2.35. The average Bonchev–Trinajstić information content (AvgIpc) is 3.15. The predicted molar refractivity (Wildman–Crippen MR) is 101 cm³/mol. The number of para-hydroxylation sites is 2. The Morgan fingerprint density at radius 1 is 1.07 bits per heavy atom. The summed E-state index contributed by atoms with van der Waals surface area (Å²) in [4.78, 5) is 20.3. The fourth-order valence-electron chi connectivity index (χ4n) is 2.96. The molecule has 0 spiro atoms. The van der Waals surface area contributed by atoms with E-state index in [1.165, 1.54) is 17.8 Å². The lowest BCUT2D eigenvalue weighted by Crippen LogP contribution is -2.49. The molecule has 152 valence electrons. The van der Waals surface area contributed by atoms with Gasteiger partial charge in [0.15, 0.2) is 17.1 Å². The third kappa shape index (κ3) is 4.44. The van der Waals surface area contributed by atoms with Crippen molar-refractivity contribution in [1.82, 2.24) is 20.1 Å². The van der Waals surface area contributed by atoms with Crippen LogP contribution in [-0.2, 0) is 11.0 Å². The molecule has 3 heterocycles. The molecule has 0 N–H and O–H groups in total. The average molecular weight is 423 g/mol. The van der Waals surface area contributed by atoms with Crippen molar-refractivity contribution >= 4 is 34.6 Å². The van der Waals surface area contributed by atoms with Crippen molar-refractivity contribution in [2.75, 3.05) is 36.8 Å². The monoisotopic (exact) mass is 423 g/mol. The normalized spacial score (nSPS) is 15.1. The van der Waals surface area contributed by atoms with E-state index in [0.29, 0.717) is 42.8 Å². The summed E-state index contributed by atoms with van der Waals surface area (Å²) in [5, 5.41) is 7.35. The van der Waals surface area contributed by atoms with Crippen LogP contribution in [0.3, 0.4) is 0 Å². The van der Waals surface area contributed by atoms with Crippen molar-refractivity contribution in [3.8, 4) is 0 Å². The first kappa shape index (κ1) is 19.5. The van der Waals surface area contributed by atoms with Gasteiger partial charge in [-0.05, 0) is 24.3 Å². The number of benzene rings is 1. The molecule has 1 aliphatic rings. The molecule has 1 fully saturated rings. The molecule has 0 atom stereocenters. The topological polar surface area (TPSA) is 75.4 Å². The van der Waals surface area contributed by atoms with Crippen molar-refractivity contribution in [3.63, 3.8) is 0 Å². The third-order valence-corrected chi connectivity index (χ3v) is 5.30. The van der Waals surface area contributed by atoms with Crippen LogP contribution in [0.5, 0.6) is 0 Å². The SMILES string of the molecule is O=C(CSc1nc2ccccc2o1)N1CCN(c2ccc(C(F)(F)F)nn2)CC1. The largest absolute Gasteiger partial charge is 0.435 e.